The number of aliphatic imine (C=N–C) groups is 1. The van der Waals surface area contributed by atoms with Crippen molar-refractivity contribution < 1.29 is 4.52 Å². The van der Waals surface area contributed by atoms with Gasteiger partial charge in [0.15, 0.2) is 11.7 Å². The summed E-state index contributed by atoms with van der Waals surface area (Å²) in [5, 5.41) is 10.9. The molecular weight excluding hydrogens is 441 g/mol. The minimum Gasteiger partial charge on any atom is -0.359 e. The molecule has 26 heavy (non-hydrogen) atoms. The Morgan fingerprint density at radius 3 is 2.38 bits per heavy atom. The zero-order chi connectivity index (χ0) is 18.8. The average molecular weight is 479 g/mol. The molecular formula is C19H38IN5O. The van der Waals surface area contributed by atoms with Crippen LogP contribution >= 0.6 is 24.0 Å². The fourth-order valence-electron chi connectivity index (χ4n) is 2.94. The van der Waals surface area contributed by atoms with E-state index in [9.17, 15) is 0 Å². The van der Waals surface area contributed by atoms with E-state index in [1.165, 1.54) is 0 Å². The SMILES string of the molecule is CCC(CC)c1cc(CNC(=NC)NCC(CC(C)C)N(C)C)on1.I. The average Bonchev–Trinajstić information content (AvgIpc) is 3.03. The number of nitrogens with one attached hydrogen (secondary N) is 2. The highest BCUT2D eigenvalue weighted by molar-refractivity contribution is 14.0. The molecule has 7 heteroatoms. The lowest BCUT2D eigenvalue weighted by Gasteiger charge is -2.27. The highest BCUT2D eigenvalue weighted by Crippen LogP contribution is 2.22. The van der Waals surface area contributed by atoms with Crippen LogP contribution in [0.15, 0.2) is 15.6 Å². The van der Waals surface area contributed by atoms with Gasteiger partial charge in [0, 0.05) is 31.6 Å². The van der Waals surface area contributed by atoms with Gasteiger partial charge in [0.2, 0.25) is 0 Å². The maximum atomic E-state index is 5.46. The van der Waals surface area contributed by atoms with Crippen LogP contribution in [-0.4, -0.2) is 49.7 Å². The minimum absolute atomic E-state index is 0. The van der Waals surface area contributed by atoms with Gasteiger partial charge in [-0.25, -0.2) is 0 Å². The maximum Gasteiger partial charge on any atom is 0.191 e. The fraction of sp³-hybridized carbons (Fsp3) is 0.789. The standard InChI is InChI=1S/C19H37N5O.HI/c1-8-15(9-2)18-11-17(25-23-18)13-22-19(20-5)21-12-16(24(6)7)10-14(3)4;/h11,14-16H,8-10,12-13H2,1-7H3,(H2,20,21,22);1H. The Morgan fingerprint density at radius 1 is 1.23 bits per heavy atom. The molecule has 6 nitrogen and oxygen atoms in total. The van der Waals surface area contributed by atoms with E-state index in [-0.39, 0.29) is 24.0 Å². The van der Waals surface area contributed by atoms with Gasteiger partial charge in [0.1, 0.15) is 0 Å². The van der Waals surface area contributed by atoms with Crippen LogP contribution in [0.4, 0.5) is 0 Å². The molecule has 0 aliphatic heterocycles. The van der Waals surface area contributed by atoms with Crippen LogP contribution < -0.4 is 10.6 Å². The van der Waals surface area contributed by atoms with Gasteiger partial charge in [-0.2, -0.15) is 0 Å². The summed E-state index contributed by atoms with van der Waals surface area (Å²) in [5.41, 5.74) is 1.05. The van der Waals surface area contributed by atoms with Gasteiger partial charge < -0.3 is 20.1 Å². The summed E-state index contributed by atoms with van der Waals surface area (Å²) in [6, 6.07) is 2.53. The quantitative estimate of drug-likeness (QED) is 0.303. The molecule has 1 rings (SSSR count). The van der Waals surface area contributed by atoms with E-state index < -0.39 is 0 Å². The Kier molecular flexibility index (Phi) is 12.9. The summed E-state index contributed by atoms with van der Waals surface area (Å²) < 4.78 is 5.46. The van der Waals surface area contributed by atoms with Gasteiger partial charge in [-0.15, -0.1) is 24.0 Å². The third-order valence-corrected chi connectivity index (χ3v) is 4.61. The number of nitrogens with zero attached hydrogens (tertiary/aromatic N) is 3. The van der Waals surface area contributed by atoms with Gasteiger partial charge in [-0.1, -0.05) is 32.9 Å². The number of likely N-dealkylation sites (N-methyl/N-ethyl adjacent to an activating group) is 1. The largest absolute Gasteiger partial charge is 0.359 e. The number of hydrogen-bond donors (Lipinski definition) is 2. The van der Waals surface area contributed by atoms with Gasteiger partial charge in [-0.3, -0.25) is 4.99 Å². The number of halogens is 1. The number of guanidine groups is 1. The van der Waals surface area contributed by atoms with Crippen LogP contribution in [0.3, 0.4) is 0 Å². The van der Waals surface area contributed by atoms with E-state index in [1.807, 2.05) is 0 Å². The summed E-state index contributed by atoms with van der Waals surface area (Å²) in [7, 11) is 6.04. The second-order valence-corrected chi connectivity index (χ2v) is 7.29. The van der Waals surface area contributed by atoms with Crippen LogP contribution in [0.2, 0.25) is 0 Å². The molecule has 1 aromatic heterocycles. The van der Waals surface area contributed by atoms with Gasteiger partial charge in [0.05, 0.1) is 12.2 Å². The van der Waals surface area contributed by atoms with Crippen molar-refractivity contribution >= 4 is 29.9 Å². The predicted molar refractivity (Wildman–Crippen MR) is 120 cm³/mol. The van der Waals surface area contributed by atoms with Crippen molar-refractivity contribution in [3.05, 3.63) is 17.5 Å². The van der Waals surface area contributed by atoms with Crippen molar-refractivity contribution in [3.8, 4) is 0 Å². The molecule has 0 saturated carbocycles. The van der Waals surface area contributed by atoms with Crippen LogP contribution in [0.5, 0.6) is 0 Å². The molecule has 152 valence electrons. The molecule has 0 fully saturated rings. The highest BCUT2D eigenvalue weighted by atomic mass is 127. The lowest BCUT2D eigenvalue weighted by Crippen LogP contribution is -2.45. The number of rotatable bonds is 10. The van der Waals surface area contributed by atoms with Crippen LogP contribution in [0, 0.1) is 5.92 Å². The van der Waals surface area contributed by atoms with Crippen molar-refractivity contribution in [3.63, 3.8) is 0 Å². The topological polar surface area (TPSA) is 65.7 Å². The minimum atomic E-state index is 0. The molecule has 0 aromatic carbocycles. The molecule has 1 aromatic rings. The number of hydrogen-bond acceptors (Lipinski definition) is 4. The molecule has 0 aliphatic carbocycles. The Labute approximate surface area is 176 Å². The Morgan fingerprint density at radius 2 is 1.88 bits per heavy atom. The molecule has 1 atom stereocenters. The smallest absolute Gasteiger partial charge is 0.191 e. The second-order valence-electron chi connectivity index (χ2n) is 7.29. The van der Waals surface area contributed by atoms with Gasteiger partial charge in [0.25, 0.3) is 0 Å². The molecule has 2 N–H and O–H groups in total. The monoisotopic (exact) mass is 479 g/mol. The highest BCUT2D eigenvalue weighted by Gasteiger charge is 2.15. The lowest BCUT2D eigenvalue weighted by atomic mass is 9.99. The van der Waals surface area contributed by atoms with E-state index in [0.717, 1.165) is 43.2 Å². The molecule has 0 aliphatic rings. The van der Waals surface area contributed by atoms with Crippen molar-refractivity contribution in [1.82, 2.24) is 20.7 Å². The lowest BCUT2D eigenvalue weighted by molar-refractivity contribution is 0.254. The van der Waals surface area contributed by atoms with Crippen LogP contribution in [0.1, 0.15) is 64.3 Å². The molecule has 0 radical (unpaired) electrons. The first-order valence-corrected chi connectivity index (χ1v) is 9.47. The van der Waals surface area contributed by atoms with E-state index in [2.05, 4.69) is 73.5 Å². The third kappa shape index (κ3) is 8.70. The van der Waals surface area contributed by atoms with Gasteiger partial charge in [-0.05, 0) is 39.3 Å². The first kappa shape index (κ1) is 25.2. The zero-order valence-corrected chi connectivity index (χ0v) is 19.8. The first-order chi connectivity index (χ1) is 11.9. The zero-order valence-electron chi connectivity index (χ0n) is 17.5. The molecule has 0 spiro atoms. The van der Waals surface area contributed by atoms with E-state index >= 15 is 0 Å². The summed E-state index contributed by atoms with van der Waals surface area (Å²) in [6.45, 7) is 10.3. The predicted octanol–water partition coefficient (Wildman–Crippen LogP) is 3.84. The molecule has 0 amide bonds. The van der Waals surface area contributed by atoms with E-state index in [1.54, 1.807) is 7.05 Å². The van der Waals surface area contributed by atoms with E-state index in [4.69, 9.17) is 4.52 Å². The number of aromatic nitrogens is 1. The summed E-state index contributed by atoms with van der Waals surface area (Å²) >= 11 is 0. The van der Waals surface area contributed by atoms with Crippen molar-refractivity contribution in [2.75, 3.05) is 27.7 Å². The Balaban J connectivity index is 0.00000625. The van der Waals surface area contributed by atoms with Crippen LogP contribution in [-0.2, 0) is 6.54 Å². The van der Waals surface area contributed by atoms with E-state index in [0.29, 0.717) is 24.4 Å². The first-order valence-electron chi connectivity index (χ1n) is 9.47. The summed E-state index contributed by atoms with van der Waals surface area (Å²) in [5.74, 6) is 2.78. The summed E-state index contributed by atoms with van der Waals surface area (Å²) in [4.78, 5) is 6.56. The van der Waals surface area contributed by atoms with Crippen molar-refractivity contribution in [2.45, 2.75) is 65.5 Å². The van der Waals surface area contributed by atoms with Crippen molar-refractivity contribution in [1.29, 1.82) is 0 Å². The molecule has 0 bridgehead atoms. The van der Waals surface area contributed by atoms with Gasteiger partial charge >= 0.3 is 0 Å². The van der Waals surface area contributed by atoms with Crippen LogP contribution in [0.25, 0.3) is 0 Å². The summed E-state index contributed by atoms with van der Waals surface area (Å²) in [6.07, 6.45) is 3.32. The maximum absolute atomic E-state index is 5.46. The molecule has 1 heterocycles. The molecule has 1 unspecified atom stereocenters. The second kappa shape index (κ2) is 13.4. The third-order valence-electron chi connectivity index (χ3n) is 4.61. The van der Waals surface area contributed by atoms with Crippen molar-refractivity contribution in [2.24, 2.45) is 10.9 Å². The fourth-order valence-corrected chi connectivity index (χ4v) is 2.94. The Hall–Kier alpha value is -0.830. The normalized spacial score (nSPS) is 13.2. The Bertz CT molecular complexity index is 512. The molecule has 0 saturated heterocycles.